The molecule has 3 N–H and O–H groups in total. The highest BCUT2D eigenvalue weighted by Gasteiger charge is 2.32. The number of fused-ring (bicyclic) bond motifs is 1. The first-order chi connectivity index (χ1) is 17.1. The molecule has 1 aliphatic rings. The van der Waals surface area contributed by atoms with E-state index in [-0.39, 0.29) is 17.2 Å². The van der Waals surface area contributed by atoms with E-state index in [4.69, 9.17) is 5.73 Å². The normalized spacial score (nSPS) is 15.0. The lowest BCUT2D eigenvalue weighted by atomic mass is 9.87. The molecule has 3 aromatic heterocycles. The zero-order valence-electron chi connectivity index (χ0n) is 19.1. The zero-order chi connectivity index (χ0) is 25.6. The number of rotatable bonds is 4. The lowest BCUT2D eigenvalue weighted by molar-refractivity contribution is -0.274. The van der Waals surface area contributed by atoms with Crippen molar-refractivity contribution in [2.75, 3.05) is 18.8 Å². The molecule has 0 radical (unpaired) electrons. The molecule has 4 heterocycles. The molecular formula is C24H22F4N6O2. The number of amides is 1. The fourth-order valence-electron chi connectivity index (χ4n) is 4.68. The monoisotopic (exact) mass is 502 g/mol. The molecule has 1 aromatic carbocycles. The van der Waals surface area contributed by atoms with Crippen molar-refractivity contribution in [2.45, 2.75) is 25.1 Å². The smallest absolute Gasteiger partial charge is 0.406 e. The summed E-state index contributed by atoms with van der Waals surface area (Å²) in [5.41, 5.74) is 8.56. The molecule has 1 amide bonds. The molecule has 12 heteroatoms. The van der Waals surface area contributed by atoms with Gasteiger partial charge in [-0.2, -0.15) is 5.10 Å². The highest BCUT2D eigenvalue weighted by atomic mass is 19.4. The highest BCUT2D eigenvalue weighted by molar-refractivity contribution is 5.99. The van der Waals surface area contributed by atoms with Gasteiger partial charge in [-0.25, -0.2) is 9.37 Å². The Kier molecular flexibility index (Phi) is 5.81. The summed E-state index contributed by atoms with van der Waals surface area (Å²) < 4.78 is 57.8. The first kappa shape index (κ1) is 23.6. The van der Waals surface area contributed by atoms with Crippen LogP contribution in [0, 0.1) is 5.82 Å². The molecule has 0 atom stereocenters. The summed E-state index contributed by atoms with van der Waals surface area (Å²) in [6.07, 6.45) is 0.904. The Morgan fingerprint density at radius 3 is 2.58 bits per heavy atom. The minimum atomic E-state index is -4.86. The summed E-state index contributed by atoms with van der Waals surface area (Å²) in [6.45, 7) is 0.680. The van der Waals surface area contributed by atoms with Gasteiger partial charge in [-0.1, -0.05) is 0 Å². The number of nitrogens with one attached hydrogen (secondary N) is 1. The predicted molar refractivity (Wildman–Crippen MR) is 124 cm³/mol. The maximum absolute atomic E-state index is 15.0. The Balaban J connectivity index is 1.33. The number of nitrogens with zero attached hydrogens (tertiary/aromatic N) is 4. The number of carbonyl (C=O) groups excluding carboxylic acids is 1. The van der Waals surface area contributed by atoms with Crippen LogP contribution < -0.4 is 10.5 Å². The molecule has 188 valence electrons. The van der Waals surface area contributed by atoms with E-state index < -0.39 is 23.8 Å². The highest BCUT2D eigenvalue weighted by Crippen LogP contribution is 2.37. The third-order valence-corrected chi connectivity index (χ3v) is 6.34. The number of hydrogen-bond acceptors (Lipinski definition) is 5. The molecule has 0 aliphatic carbocycles. The molecule has 1 saturated heterocycles. The third kappa shape index (κ3) is 4.58. The van der Waals surface area contributed by atoms with E-state index >= 15 is 0 Å². The fourth-order valence-corrected chi connectivity index (χ4v) is 4.68. The number of H-pyrrole nitrogens is 1. The molecule has 8 nitrogen and oxygen atoms in total. The summed E-state index contributed by atoms with van der Waals surface area (Å²) >= 11 is 0. The van der Waals surface area contributed by atoms with Crippen LogP contribution in [0.4, 0.5) is 23.2 Å². The third-order valence-electron chi connectivity index (χ3n) is 6.34. The number of likely N-dealkylation sites (tertiary alicyclic amines) is 1. The number of benzene rings is 1. The maximum atomic E-state index is 15.0. The van der Waals surface area contributed by atoms with Gasteiger partial charge in [-0.3, -0.25) is 9.48 Å². The summed E-state index contributed by atoms with van der Waals surface area (Å²) in [4.78, 5) is 22.0. The lowest BCUT2D eigenvalue weighted by Gasteiger charge is -2.33. The second kappa shape index (κ2) is 8.85. The number of pyridine rings is 1. The van der Waals surface area contributed by atoms with Crippen LogP contribution in [0.2, 0.25) is 0 Å². The van der Waals surface area contributed by atoms with Crippen molar-refractivity contribution < 1.29 is 27.1 Å². The zero-order valence-corrected chi connectivity index (χ0v) is 19.1. The van der Waals surface area contributed by atoms with Crippen molar-refractivity contribution in [2.24, 2.45) is 7.05 Å². The van der Waals surface area contributed by atoms with Gasteiger partial charge in [0.2, 0.25) is 0 Å². The van der Waals surface area contributed by atoms with Crippen molar-refractivity contribution in [1.29, 1.82) is 0 Å². The Morgan fingerprint density at radius 2 is 1.94 bits per heavy atom. The minimum Gasteiger partial charge on any atom is -0.406 e. The Morgan fingerprint density at radius 1 is 1.19 bits per heavy atom. The van der Waals surface area contributed by atoms with Crippen LogP contribution in [0.1, 0.15) is 34.7 Å². The summed E-state index contributed by atoms with van der Waals surface area (Å²) in [5, 5.41) is 4.85. The van der Waals surface area contributed by atoms with Crippen molar-refractivity contribution >= 4 is 22.6 Å². The first-order valence-corrected chi connectivity index (χ1v) is 11.2. The maximum Gasteiger partial charge on any atom is 0.573 e. The Hall–Kier alpha value is -4.09. The van der Waals surface area contributed by atoms with Crippen molar-refractivity contribution in [1.82, 2.24) is 24.6 Å². The average Bonchev–Trinajstić information content (AvgIpc) is 3.44. The molecule has 1 fully saturated rings. The van der Waals surface area contributed by atoms with Crippen LogP contribution in [0.3, 0.4) is 0 Å². The number of aryl methyl sites for hydroxylation is 1. The fraction of sp³-hybridized carbons (Fsp3) is 0.292. The molecule has 0 bridgehead atoms. The minimum absolute atomic E-state index is 0.0900. The average molecular weight is 502 g/mol. The number of carbonyl (C=O) groups is 1. The molecule has 1 aliphatic heterocycles. The number of nitrogen functional groups attached to an aromatic ring is 1. The van der Waals surface area contributed by atoms with Gasteiger partial charge in [0.05, 0.1) is 23.7 Å². The van der Waals surface area contributed by atoms with E-state index in [1.165, 1.54) is 12.3 Å². The van der Waals surface area contributed by atoms with E-state index in [2.05, 4.69) is 19.8 Å². The van der Waals surface area contributed by atoms with E-state index in [9.17, 15) is 22.4 Å². The number of alkyl halides is 3. The van der Waals surface area contributed by atoms with Crippen molar-refractivity contribution in [3.8, 4) is 17.0 Å². The van der Waals surface area contributed by atoms with Gasteiger partial charge in [0.25, 0.3) is 5.91 Å². The summed E-state index contributed by atoms with van der Waals surface area (Å²) in [5.74, 6) is -1.44. The standard InChI is InChI=1S/C24H22F4N6O2/c1-33-12-14(10-31-33)20-9-17-21(18(25)11-30-22(17)32-20)13-4-6-34(7-5-13)23(35)16-3-2-15(8-19(16)29)36-24(26,27)28/h2-3,8-13H,4-7,29H2,1H3,(H,30,32). The molecule has 5 rings (SSSR count). The van der Waals surface area contributed by atoms with Crippen LogP contribution in [-0.2, 0) is 7.05 Å². The van der Waals surface area contributed by atoms with E-state index in [1.807, 2.05) is 19.3 Å². The number of piperidine rings is 1. The molecule has 0 spiro atoms. The second-order valence-corrected chi connectivity index (χ2v) is 8.73. The SMILES string of the molecule is Cn1cc(-c2cc3c(C4CCN(C(=O)c5ccc(OC(F)(F)F)cc5N)CC4)c(F)cnc3[nH]2)cn1. The number of anilines is 1. The van der Waals surface area contributed by atoms with Crippen LogP contribution in [-0.4, -0.2) is 50.0 Å². The van der Waals surface area contributed by atoms with Gasteiger partial charge in [0.15, 0.2) is 0 Å². The first-order valence-electron chi connectivity index (χ1n) is 11.2. The van der Waals surface area contributed by atoms with E-state index in [0.29, 0.717) is 42.5 Å². The number of aromatic nitrogens is 4. The Bertz CT molecular complexity index is 1440. The van der Waals surface area contributed by atoms with Gasteiger partial charge in [0, 0.05) is 54.6 Å². The van der Waals surface area contributed by atoms with Crippen molar-refractivity contribution in [3.63, 3.8) is 0 Å². The van der Waals surface area contributed by atoms with Crippen LogP contribution in [0.25, 0.3) is 22.3 Å². The van der Waals surface area contributed by atoms with Gasteiger partial charge >= 0.3 is 6.36 Å². The van der Waals surface area contributed by atoms with E-state index in [0.717, 1.165) is 23.4 Å². The topological polar surface area (TPSA) is 102 Å². The van der Waals surface area contributed by atoms with Gasteiger partial charge in [0.1, 0.15) is 17.2 Å². The molecule has 0 saturated carbocycles. The number of ether oxygens (including phenoxy) is 1. The number of nitrogens with two attached hydrogens (primary N) is 1. The van der Waals surface area contributed by atoms with Gasteiger partial charge in [-0.05, 0) is 37.0 Å². The lowest BCUT2D eigenvalue weighted by Crippen LogP contribution is -2.38. The largest absolute Gasteiger partial charge is 0.573 e. The Labute approximate surface area is 202 Å². The molecular weight excluding hydrogens is 480 g/mol. The summed E-state index contributed by atoms with van der Waals surface area (Å²) in [7, 11) is 1.81. The van der Waals surface area contributed by atoms with E-state index in [1.54, 1.807) is 15.8 Å². The number of hydrogen-bond donors (Lipinski definition) is 2. The van der Waals surface area contributed by atoms with Crippen LogP contribution in [0.5, 0.6) is 5.75 Å². The molecule has 4 aromatic rings. The van der Waals surface area contributed by atoms with Crippen LogP contribution >= 0.6 is 0 Å². The quantitative estimate of drug-likeness (QED) is 0.314. The van der Waals surface area contributed by atoms with Crippen LogP contribution in [0.15, 0.2) is 42.9 Å². The van der Waals surface area contributed by atoms with Gasteiger partial charge < -0.3 is 20.4 Å². The molecule has 36 heavy (non-hydrogen) atoms. The van der Waals surface area contributed by atoms with Gasteiger partial charge in [-0.15, -0.1) is 13.2 Å². The van der Waals surface area contributed by atoms with Crippen molar-refractivity contribution in [3.05, 3.63) is 59.8 Å². The number of aromatic amines is 1. The predicted octanol–water partition coefficient (Wildman–Crippen LogP) is 4.60. The summed E-state index contributed by atoms with van der Waals surface area (Å²) in [6, 6.07) is 5.11. The second-order valence-electron chi connectivity index (χ2n) is 8.73. The number of halogens is 4. The molecule has 0 unspecified atom stereocenters.